The van der Waals surface area contributed by atoms with Gasteiger partial charge in [-0.1, -0.05) is 6.07 Å². The Bertz CT molecular complexity index is 797. The van der Waals surface area contributed by atoms with Crippen molar-refractivity contribution in [2.75, 3.05) is 26.2 Å². The summed E-state index contributed by atoms with van der Waals surface area (Å²) < 4.78 is 65.3. The maximum Gasteiger partial charge on any atom is 0.416 e. The maximum absolute atomic E-state index is 13.2. The third-order valence-corrected chi connectivity index (χ3v) is 7.36. The lowest BCUT2D eigenvalue weighted by Gasteiger charge is -2.41. The number of carbonyl (C=O) groups excluding carboxylic acids is 1. The van der Waals surface area contributed by atoms with Gasteiger partial charge < -0.3 is 11.1 Å². The largest absolute Gasteiger partial charge is 0.416 e. The van der Waals surface area contributed by atoms with E-state index in [1.807, 2.05) is 0 Å². The molecule has 0 aliphatic carbocycles. The first-order valence-corrected chi connectivity index (χ1v) is 9.23. The normalized spacial score (nSPS) is 27.9. The van der Waals surface area contributed by atoms with Crippen LogP contribution >= 0.6 is 0 Å². The first-order chi connectivity index (χ1) is 11.6. The highest BCUT2D eigenvalue weighted by atomic mass is 32.2. The molecular weight excluding hydrogens is 359 g/mol. The van der Waals surface area contributed by atoms with Crippen molar-refractivity contribution in [3.05, 3.63) is 29.8 Å². The third kappa shape index (κ3) is 2.91. The van der Waals surface area contributed by atoms with Crippen LogP contribution in [0.3, 0.4) is 0 Å². The van der Waals surface area contributed by atoms with Crippen molar-refractivity contribution in [3.63, 3.8) is 0 Å². The van der Waals surface area contributed by atoms with Crippen molar-refractivity contribution in [2.24, 2.45) is 11.7 Å². The summed E-state index contributed by atoms with van der Waals surface area (Å²) in [5.41, 5.74) is 4.32. The van der Waals surface area contributed by atoms with E-state index in [1.165, 1.54) is 0 Å². The lowest BCUT2D eigenvalue weighted by molar-refractivity contribution is -0.137. The molecule has 1 aromatic carbocycles. The third-order valence-electron chi connectivity index (χ3n) is 4.92. The number of fused-ring (bicyclic) bond motifs is 1. The van der Waals surface area contributed by atoms with Crippen molar-refractivity contribution in [1.82, 2.24) is 10.2 Å². The SMILES string of the molecule is NC(=O)C1CN2CCNCC2(S(=O)(=O)c2cccc(C(F)(F)F)c2)C1. The number of alkyl halides is 3. The quantitative estimate of drug-likeness (QED) is 0.804. The molecule has 0 radical (unpaired) electrons. The van der Waals surface area contributed by atoms with Crippen LogP contribution in [0.4, 0.5) is 13.2 Å². The monoisotopic (exact) mass is 377 g/mol. The molecule has 3 N–H and O–H groups in total. The molecule has 1 aromatic rings. The Morgan fingerprint density at radius 3 is 2.72 bits per heavy atom. The van der Waals surface area contributed by atoms with Crippen LogP contribution in [-0.2, 0) is 20.8 Å². The van der Waals surface area contributed by atoms with Crippen molar-refractivity contribution in [2.45, 2.75) is 22.4 Å². The van der Waals surface area contributed by atoms with Gasteiger partial charge in [-0.3, -0.25) is 9.69 Å². The van der Waals surface area contributed by atoms with E-state index >= 15 is 0 Å². The van der Waals surface area contributed by atoms with Gasteiger partial charge in [0.05, 0.1) is 16.4 Å². The van der Waals surface area contributed by atoms with Crippen LogP contribution in [-0.4, -0.2) is 50.3 Å². The second-order valence-electron chi connectivity index (χ2n) is 6.40. The molecule has 0 aromatic heterocycles. The smallest absolute Gasteiger partial charge is 0.369 e. The molecule has 2 unspecified atom stereocenters. The van der Waals surface area contributed by atoms with E-state index in [-0.39, 0.29) is 19.5 Å². The second-order valence-corrected chi connectivity index (χ2v) is 8.64. The number of carbonyl (C=O) groups is 1. The van der Waals surface area contributed by atoms with E-state index in [4.69, 9.17) is 5.73 Å². The molecule has 2 aliphatic rings. The van der Waals surface area contributed by atoms with Crippen LogP contribution < -0.4 is 11.1 Å². The number of sulfone groups is 1. The first kappa shape index (κ1) is 18.2. The van der Waals surface area contributed by atoms with Crippen LogP contribution in [0, 0.1) is 5.92 Å². The summed E-state index contributed by atoms with van der Waals surface area (Å²) >= 11 is 0. The number of nitrogens with one attached hydrogen (secondary N) is 1. The number of nitrogens with zero attached hydrogens (tertiary/aromatic N) is 1. The number of hydrogen-bond donors (Lipinski definition) is 2. The zero-order chi connectivity index (χ0) is 18.5. The molecule has 0 saturated carbocycles. The Morgan fingerprint density at radius 2 is 2.08 bits per heavy atom. The average molecular weight is 377 g/mol. The van der Waals surface area contributed by atoms with Crippen LogP contribution in [0.2, 0.25) is 0 Å². The van der Waals surface area contributed by atoms with Crippen molar-refractivity contribution < 1.29 is 26.4 Å². The van der Waals surface area contributed by atoms with Gasteiger partial charge in [0.25, 0.3) is 0 Å². The predicted molar refractivity (Wildman–Crippen MR) is 83.1 cm³/mol. The predicted octanol–water partition coefficient (Wildman–Crippen LogP) is 0.586. The number of amides is 1. The van der Waals surface area contributed by atoms with E-state index in [0.717, 1.165) is 18.2 Å². The van der Waals surface area contributed by atoms with Gasteiger partial charge >= 0.3 is 6.18 Å². The van der Waals surface area contributed by atoms with E-state index in [0.29, 0.717) is 19.2 Å². The molecule has 0 bridgehead atoms. The summed E-state index contributed by atoms with van der Waals surface area (Å²) in [5, 5.41) is 2.98. The van der Waals surface area contributed by atoms with Crippen LogP contribution in [0.15, 0.2) is 29.2 Å². The topological polar surface area (TPSA) is 92.5 Å². The molecule has 0 spiro atoms. The summed E-state index contributed by atoms with van der Waals surface area (Å²) in [4.78, 5) is 11.4. The Labute approximate surface area is 143 Å². The Hall–Kier alpha value is -1.65. The van der Waals surface area contributed by atoms with E-state index in [1.54, 1.807) is 4.90 Å². The number of halogens is 3. The molecule has 3 rings (SSSR count). The number of primary amides is 1. The number of hydrogen-bond acceptors (Lipinski definition) is 5. The van der Waals surface area contributed by atoms with Gasteiger partial charge in [0.2, 0.25) is 5.91 Å². The van der Waals surface area contributed by atoms with Crippen molar-refractivity contribution >= 4 is 15.7 Å². The number of rotatable bonds is 3. The Balaban J connectivity index is 2.07. The summed E-state index contributed by atoms with van der Waals surface area (Å²) in [6, 6.07) is 3.71. The van der Waals surface area contributed by atoms with Crippen molar-refractivity contribution in [1.29, 1.82) is 0 Å². The highest BCUT2D eigenvalue weighted by molar-refractivity contribution is 7.92. The van der Waals surface area contributed by atoms with E-state index in [9.17, 15) is 26.4 Å². The molecular formula is C15H18F3N3O3S. The molecule has 2 fully saturated rings. The minimum atomic E-state index is -4.64. The fraction of sp³-hybridized carbons (Fsp3) is 0.533. The molecule has 6 nitrogen and oxygen atoms in total. The van der Waals surface area contributed by atoms with Gasteiger partial charge in [-0.05, 0) is 24.6 Å². The molecule has 2 atom stereocenters. The number of nitrogens with two attached hydrogens (primary N) is 1. The molecule has 1 amide bonds. The molecule has 138 valence electrons. The average Bonchev–Trinajstić information content (AvgIpc) is 2.96. The van der Waals surface area contributed by atoms with Gasteiger partial charge in [-0.15, -0.1) is 0 Å². The summed E-state index contributed by atoms with van der Waals surface area (Å²) in [6.07, 6.45) is -4.67. The van der Waals surface area contributed by atoms with E-state index < -0.39 is 43.2 Å². The second kappa shape index (κ2) is 5.96. The van der Waals surface area contributed by atoms with Gasteiger partial charge in [0.1, 0.15) is 4.87 Å². The summed E-state index contributed by atoms with van der Waals surface area (Å²) in [5.74, 6) is -1.26. The first-order valence-electron chi connectivity index (χ1n) is 7.75. The van der Waals surface area contributed by atoms with Gasteiger partial charge in [0.15, 0.2) is 9.84 Å². The molecule has 10 heteroatoms. The molecule has 25 heavy (non-hydrogen) atoms. The van der Waals surface area contributed by atoms with Gasteiger partial charge in [-0.2, -0.15) is 13.2 Å². The van der Waals surface area contributed by atoms with Gasteiger partial charge in [0, 0.05) is 26.2 Å². The molecule has 2 heterocycles. The highest BCUT2D eigenvalue weighted by Crippen LogP contribution is 2.42. The minimum absolute atomic E-state index is 0.0338. The fourth-order valence-corrected chi connectivity index (χ4v) is 5.81. The van der Waals surface area contributed by atoms with Crippen LogP contribution in [0.1, 0.15) is 12.0 Å². The van der Waals surface area contributed by atoms with Gasteiger partial charge in [-0.25, -0.2) is 8.42 Å². The zero-order valence-corrected chi connectivity index (χ0v) is 14.0. The Morgan fingerprint density at radius 1 is 1.36 bits per heavy atom. The number of benzene rings is 1. The minimum Gasteiger partial charge on any atom is -0.369 e. The standard InChI is InChI=1S/C15H18F3N3O3S/c16-15(17,18)11-2-1-3-12(6-11)25(23,24)14-7-10(13(19)22)8-21(14)5-4-20-9-14/h1-3,6,10,20H,4-5,7-9H2,(H2,19,22). The lowest BCUT2D eigenvalue weighted by Crippen LogP contribution is -2.61. The van der Waals surface area contributed by atoms with E-state index in [2.05, 4.69) is 5.32 Å². The van der Waals surface area contributed by atoms with Crippen molar-refractivity contribution in [3.8, 4) is 0 Å². The summed E-state index contributed by atoms with van der Waals surface area (Å²) in [6.45, 7) is 1.14. The maximum atomic E-state index is 13.2. The molecule has 2 saturated heterocycles. The van der Waals surface area contributed by atoms with Crippen LogP contribution in [0.5, 0.6) is 0 Å². The number of piperazine rings is 1. The van der Waals surface area contributed by atoms with Crippen LogP contribution in [0.25, 0.3) is 0 Å². The Kier molecular flexibility index (Phi) is 4.33. The highest BCUT2D eigenvalue weighted by Gasteiger charge is 2.57. The lowest BCUT2D eigenvalue weighted by atomic mass is 10.0. The molecule has 2 aliphatic heterocycles. The zero-order valence-electron chi connectivity index (χ0n) is 13.2. The summed E-state index contributed by atoms with van der Waals surface area (Å²) in [7, 11) is -4.15. The fourth-order valence-electron chi connectivity index (χ4n) is 3.61.